The van der Waals surface area contributed by atoms with Crippen molar-refractivity contribution < 1.29 is 0 Å². The fraction of sp³-hybridized carbons (Fsp3) is 0.333. The molecule has 1 nitrogen and oxygen atoms in total. The summed E-state index contributed by atoms with van der Waals surface area (Å²) in [6, 6.07) is 8.96. The molecule has 1 aromatic rings. The lowest BCUT2D eigenvalue weighted by Gasteiger charge is -2.25. The summed E-state index contributed by atoms with van der Waals surface area (Å²) < 4.78 is 0. The van der Waals surface area contributed by atoms with E-state index in [4.69, 9.17) is 12.8 Å². The van der Waals surface area contributed by atoms with Crippen LogP contribution in [0.4, 0.5) is 0 Å². The Morgan fingerprint density at radius 3 is 2.56 bits per heavy atom. The molecule has 1 atom stereocenters. The van der Waals surface area contributed by atoms with E-state index in [-0.39, 0.29) is 0 Å². The third kappa shape index (κ3) is 1.96. The van der Waals surface area contributed by atoms with Crippen molar-refractivity contribution in [2.24, 2.45) is 0 Å². The fourth-order valence-corrected chi connectivity index (χ4v) is 2.42. The Kier molecular flexibility index (Phi) is 3.30. The van der Waals surface area contributed by atoms with Crippen molar-refractivity contribution in [1.82, 2.24) is 4.90 Å². The summed E-state index contributed by atoms with van der Waals surface area (Å²) >= 11 is 0. The van der Waals surface area contributed by atoms with Gasteiger partial charge in [-0.2, -0.15) is 0 Å². The summed E-state index contributed by atoms with van der Waals surface area (Å²) in [4.78, 5) is 2.20. The van der Waals surface area contributed by atoms with Crippen molar-refractivity contribution >= 4 is 0 Å². The van der Waals surface area contributed by atoms with Crippen LogP contribution in [0.3, 0.4) is 0 Å². The minimum absolute atomic E-state index is 0.406. The second-order valence-electron chi connectivity index (χ2n) is 4.07. The average Bonchev–Trinajstić information content (AvgIpc) is 2.72. The molecule has 1 aliphatic rings. The number of nitrogens with zero attached hydrogens (tertiary/aromatic N) is 1. The Balaban J connectivity index is 2.23. The van der Waals surface area contributed by atoms with Crippen molar-refractivity contribution in [3.05, 3.63) is 35.4 Å². The van der Waals surface area contributed by atoms with E-state index in [1.54, 1.807) is 0 Å². The number of benzene rings is 1. The van der Waals surface area contributed by atoms with Gasteiger partial charge in [-0.05, 0) is 24.0 Å². The van der Waals surface area contributed by atoms with Gasteiger partial charge in [-0.1, -0.05) is 36.1 Å². The van der Waals surface area contributed by atoms with Crippen LogP contribution < -0.4 is 0 Å². The fourth-order valence-electron chi connectivity index (χ4n) is 2.42. The lowest BCUT2D eigenvalue weighted by atomic mass is 10.1. The zero-order valence-electron chi connectivity index (χ0n) is 9.32. The quantitative estimate of drug-likeness (QED) is 0.690. The van der Waals surface area contributed by atoms with Gasteiger partial charge in [-0.3, -0.25) is 4.90 Å². The van der Waals surface area contributed by atoms with Crippen LogP contribution in [-0.4, -0.2) is 18.0 Å². The Bertz CT molecular complexity index is 431. The Morgan fingerprint density at radius 2 is 1.88 bits per heavy atom. The first-order valence-corrected chi connectivity index (χ1v) is 5.55. The van der Waals surface area contributed by atoms with Crippen LogP contribution in [0.25, 0.3) is 0 Å². The first-order chi connectivity index (χ1) is 7.86. The maximum absolute atomic E-state index is 5.39. The normalized spacial score (nSPS) is 17.8. The SMILES string of the molecule is C#CCN(CC#C)[C@@H]1CCc2ccccc21. The highest BCUT2D eigenvalue weighted by molar-refractivity contribution is 5.34. The number of hydrogen-bond donors (Lipinski definition) is 0. The standard InChI is InChI=1S/C15H15N/c1-3-11-16(12-4-2)15-10-9-13-7-5-6-8-14(13)15/h1-2,5-8,15H,9-12H2/t15-/m1/s1. The predicted octanol–water partition coefficient (Wildman–Crippen LogP) is 2.24. The third-order valence-corrected chi connectivity index (χ3v) is 3.13. The summed E-state index contributed by atoms with van der Waals surface area (Å²) in [5, 5.41) is 0. The van der Waals surface area contributed by atoms with Crippen LogP contribution >= 0.6 is 0 Å². The van der Waals surface area contributed by atoms with Crippen LogP contribution in [0.5, 0.6) is 0 Å². The molecule has 0 aliphatic heterocycles. The van der Waals surface area contributed by atoms with E-state index in [1.807, 2.05) is 0 Å². The molecule has 80 valence electrons. The largest absolute Gasteiger partial charge is 0.274 e. The van der Waals surface area contributed by atoms with Gasteiger partial charge in [-0.25, -0.2) is 0 Å². The van der Waals surface area contributed by atoms with Crippen LogP contribution in [0, 0.1) is 24.7 Å². The molecule has 0 bridgehead atoms. The van der Waals surface area contributed by atoms with Gasteiger partial charge >= 0.3 is 0 Å². The van der Waals surface area contributed by atoms with Crippen LogP contribution in [0.15, 0.2) is 24.3 Å². The van der Waals surface area contributed by atoms with E-state index in [9.17, 15) is 0 Å². The van der Waals surface area contributed by atoms with Crippen molar-refractivity contribution in [1.29, 1.82) is 0 Å². The number of terminal acetylenes is 2. The van der Waals surface area contributed by atoms with Crippen LogP contribution in [0.2, 0.25) is 0 Å². The Hall–Kier alpha value is -1.70. The van der Waals surface area contributed by atoms with E-state index < -0.39 is 0 Å². The van der Waals surface area contributed by atoms with Gasteiger partial charge < -0.3 is 0 Å². The minimum Gasteiger partial charge on any atom is -0.274 e. The van der Waals surface area contributed by atoms with Crippen molar-refractivity contribution in [2.75, 3.05) is 13.1 Å². The molecule has 0 saturated carbocycles. The number of fused-ring (bicyclic) bond motifs is 1. The van der Waals surface area contributed by atoms with E-state index in [1.165, 1.54) is 11.1 Å². The molecule has 0 saturated heterocycles. The second kappa shape index (κ2) is 4.88. The highest BCUT2D eigenvalue weighted by Crippen LogP contribution is 2.35. The van der Waals surface area contributed by atoms with Gasteiger partial charge in [0.1, 0.15) is 0 Å². The lowest BCUT2D eigenvalue weighted by molar-refractivity contribution is 0.250. The lowest BCUT2D eigenvalue weighted by Crippen LogP contribution is -2.28. The Morgan fingerprint density at radius 1 is 1.19 bits per heavy atom. The van der Waals surface area contributed by atoms with E-state index >= 15 is 0 Å². The zero-order chi connectivity index (χ0) is 11.4. The molecule has 1 aromatic carbocycles. The monoisotopic (exact) mass is 209 g/mol. The number of aryl methyl sites for hydroxylation is 1. The van der Waals surface area contributed by atoms with Gasteiger partial charge in [0.05, 0.1) is 13.1 Å². The van der Waals surface area contributed by atoms with Gasteiger partial charge in [-0.15, -0.1) is 12.8 Å². The molecule has 0 amide bonds. The molecule has 0 radical (unpaired) electrons. The smallest absolute Gasteiger partial charge is 0.0613 e. The molecule has 16 heavy (non-hydrogen) atoms. The van der Waals surface area contributed by atoms with Gasteiger partial charge in [0.25, 0.3) is 0 Å². The molecule has 0 unspecified atom stereocenters. The van der Waals surface area contributed by atoms with E-state index in [0.717, 1.165) is 12.8 Å². The summed E-state index contributed by atoms with van der Waals surface area (Å²) in [6.45, 7) is 1.26. The average molecular weight is 209 g/mol. The van der Waals surface area contributed by atoms with Crippen LogP contribution in [0.1, 0.15) is 23.6 Å². The predicted molar refractivity (Wildman–Crippen MR) is 66.7 cm³/mol. The molecule has 0 N–H and O–H groups in total. The molecule has 0 heterocycles. The van der Waals surface area contributed by atoms with Crippen molar-refractivity contribution in [2.45, 2.75) is 18.9 Å². The summed E-state index contributed by atoms with van der Waals surface area (Å²) in [7, 11) is 0. The maximum atomic E-state index is 5.39. The van der Waals surface area contributed by atoms with Gasteiger partial charge in [0, 0.05) is 6.04 Å². The van der Waals surface area contributed by atoms with Crippen LogP contribution in [-0.2, 0) is 6.42 Å². The molecule has 2 rings (SSSR count). The molecule has 1 aliphatic carbocycles. The number of hydrogen-bond acceptors (Lipinski definition) is 1. The number of rotatable bonds is 3. The molecule has 0 aromatic heterocycles. The van der Waals surface area contributed by atoms with Gasteiger partial charge in [0.2, 0.25) is 0 Å². The topological polar surface area (TPSA) is 3.24 Å². The van der Waals surface area contributed by atoms with E-state index in [2.05, 4.69) is 41.0 Å². The highest BCUT2D eigenvalue weighted by atomic mass is 15.1. The molecule has 0 fully saturated rings. The second-order valence-corrected chi connectivity index (χ2v) is 4.07. The first-order valence-electron chi connectivity index (χ1n) is 5.55. The molecular weight excluding hydrogens is 194 g/mol. The molecule has 0 spiro atoms. The zero-order valence-corrected chi connectivity index (χ0v) is 9.32. The Labute approximate surface area is 97.5 Å². The van der Waals surface area contributed by atoms with Gasteiger partial charge in [0.15, 0.2) is 0 Å². The third-order valence-electron chi connectivity index (χ3n) is 3.13. The molecular formula is C15H15N. The summed E-state index contributed by atoms with van der Waals surface area (Å²) in [5.41, 5.74) is 2.83. The molecule has 1 heteroatoms. The summed E-state index contributed by atoms with van der Waals surface area (Å²) in [5.74, 6) is 5.38. The van der Waals surface area contributed by atoms with Crippen molar-refractivity contribution in [3.8, 4) is 24.7 Å². The highest BCUT2D eigenvalue weighted by Gasteiger charge is 2.26. The van der Waals surface area contributed by atoms with Crippen molar-refractivity contribution in [3.63, 3.8) is 0 Å². The first kappa shape index (κ1) is 10.8. The summed E-state index contributed by atoms with van der Waals surface area (Å²) in [6.07, 6.45) is 13.0. The minimum atomic E-state index is 0.406. The maximum Gasteiger partial charge on any atom is 0.0613 e. The van der Waals surface area contributed by atoms with E-state index in [0.29, 0.717) is 19.1 Å².